The van der Waals surface area contributed by atoms with Crippen molar-refractivity contribution in [3.63, 3.8) is 0 Å². The maximum absolute atomic E-state index is 11.9. The molecule has 0 bridgehead atoms. The van der Waals surface area contributed by atoms with Crippen molar-refractivity contribution >= 4 is 15.7 Å². The smallest absolute Gasteiger partial charge is 0.209 e. The van der Waals surface area contributed by atoms with E-state index in [4.69, 9.17) is 0 Å². The molecule has 0 amide bonds. The lowest BCUT2D eigenvalue weighted by atomic mass is 10.1. The second-order valence-corrected chi connectivity index (χ2v) is 10.9. The van der Waals surface area contributed by atoms with Crippen LogP contribution in [0.4, 0.5) is 5.69 Å². The highest BCUT2D eigenvalue weighted by atomic mass is 32.2. The largest absolute Gasteiger partial charge is 0.372 e. The first-order valence-electron chi connectivity index (χ1n) is 11.3. The molecule has 1 aromatic heterocycles. The number of anilines is 1. The Morgan fingerprint density at radius 3 is 2.35 bits per heavy atom. The van der Waals surface area contributed by atoms with Gasteiger partial charge in [0.05, 0.1) is 12.3 Å². The normalized spacial score (nSPS) is 18.9. The quantitative estimate of drug-likeness (QED) is 0.702. The molecule has 1 fully saturated rings. The highest BCUT2D eigenvalue weighted by molar-refractivity contribution is 7.88. The first kappa shape index (κ1) is 22.2. The van der Waals surface area contributed by atoms with Crippen molar-refractivity contribution < 1.29 is 8.42 Å². The molecular formula is C22H34N6O2S. The zero-order valence-corrected chi connectivity index (χ0v) is 19.6. The summed E-state index contributed by atoms with van der Waals surface area (Å²) < 4.78 is 28.6. The van der Waals surface area contributed by atoms with E-state index < -0.39 is 10.0 Å². The Balaban J connectivity index is 1.42. The fourth-order valence-corrected chi connectivity index (χ4v) is 5.38. The monoisotopic (exact) mass is 446 g/mol. The molecule has 1 saturated heterocycles. The molecule has 1 aromatic carbocycles. The summed E-state index contributed by atoms with van der Waals surface area (Å²) in [6, 6.07) is 8.61. The fourth-order valence-electron chi connectivity index (χ4n) is 4.54. The van der Waals surface area contributed by atoms with Gasteiger partial charge in [0.25, 0.3) is 0 Å². The average molecular weight is 447 g/mol. The van der Waals surface area contributed by atoms with Crippen LogP contribution in [0.25, 0.3) is 0 Å². The van der Waals surface area contributed by atoms with Crippen molar-refractivity contribution in [1.29, 1.82) is 0 Å². The third-order valence-corrected chi connectivity index (χ3v) is 6.93. The Morgan fingerprint density at radius 2 is 1.71 bits per heavy atom. The molecule has 4 rings (SSSR count). The van der Waals surface area contributed by atoms with Crippen LogP contribution in [-0.4, -0.2) is 60.5 Å². The second kappa shape index (κ2) is 9.26. The van der Waals surface area contributed by atoms with Gasteiger partial charge in [-0.2, -0.15) is 0 Å². The predicted octanol–water partition coefficient (Wildman–Crippen LogP) is 2.18. The minimum absolute atomic E-state index is 0.0801. The third-order valence-electron chi connectivity index (χ3n) is 6.25. The van der Waals surface area contributed by atoms with Crippen LogP contribution in [0.1, 0.15) is 49.9 Å². The van der Waals surface area contributed by atoms with Crippen molar-refractivity contribution in [3.8, 4) is 0 Å². The molecule has 1 atom stereocenters. The summed E-state index contributed by atoms with van der Waals surface area (Å²) in [5.41, 5.74) is 2.64. The number of sulfonamides is 1. The summed E-state index contributed by atoms with van der Waals surface area (Å²) in [6.07, 6.45) is 4.58. The Bertz CT molecular complexity index is 980. The van der Waals surface area contributed by atoms with E-state index in [0.717, 1.165) is 38.4 Å². The first-order chi connectivity index (χ1) is 14.8. The van der Waals surface area contributed by atoms with E-state index in [0.29, 0.717) is 5.82 Å². The molecule has 0 aliphatic carbocycles. The van der Waals surface area contributed by atoms with Gasteiger partial charge in [-0.05, 0) is 36.5 Å². The van der Waals surface area contributed by atoms with E-state index in [2.05, 4.69) is 53.6 Å². The van der Waals surface area contributed by atoms with Gasteiger partial charge in [-0.15, -0.1) is 10.2 Å². The van der Waals surface area contributed by atoms with Crippen molar-refractivity contribution in [1.82, 2.24) is 24.4 Å². The lowest BCUT2D eigenvalue weighted by molar-refractivity contribution is 0.269. The maximum Gasteiger partial charge on any atom is 0.209 e. The number of benzene rings is 1. The number of fused-ring (bicyclic) bond motifs is 1. The number of aromatic nitrogens is 3. The van der Waals surface area contributed by atoms with Crippen LogP contribution < -0.4 is 9.62 Å². The van der Waals surface area contributed by atoms with E-state index in [9.17, 15) is 8.42 Å². The summed E-state index contributed by atoms with van der Waals surface area (Å²) in [6.45, 7) is 9.80. The zero-order chi connectivity index (χ0) is 22.0. The summed E-state index contributed by atoms with van der Waals surface area (Å²) in [7, 11) is -3.34. The van der Waals surface area contributed by atoms with E-state index >= 15 is 0 Å². The van der Waals surface area contributed by atoms with Crippen LogP contribution >= 0.6 is 0 Å². The molecule has 2 aliphatic rings. The minimum Gasteiger partial charge on any atom is -0.372 e. The van der Waals surface area contributed by atoms with Gasteiger partial charge in [-0.25, -0.2) is 13.1 Å². The van der Waals surface area contributed by atoms with Crippen LogP contribution in [0, 0.1) is 5.92 Å². The highest BCUT2D eigenvalue weighted by Crippen LogP contribution is 2.24. The number of rotatable bonds is 7. The molecule has 1 N–H and O–H groups in total. The van der Waals surface area contributed by atoms with Crippen molar-refractivity contribution in [2.45, 2.75) is 52.2 Å². The number of nitrogens with one attached hydrogen (secondary N) is 1. The van der Waals surface area contributed by atoms with Crippen LogP contribution in [0.2, 0.25) is 0 Å². The molecule has 9 heteroatoms. The van der Waals surface area contributed by atoms with Gasteiger partial charge in [-0.3, -0.25) is 4.90 Å². The van der Waals surface area contributed by atoms with Gasteiger partial charge in [0.1, 0.15) is 5.82 Å². The lowest BCUT2D eigenvalue weighted by Crippen LogP contribution is -2.33. The minimum atomic E-state index is -3.34. The third kappa shape index (κ3) is 5.45. The summed E-state index contributed by atoms with van der Waals surface area (Å²) in [4.78, 5) is 4.90. The molecule has 170 valence electrons. The van der Waals surface area contributed by atoms with Gasteiger partial charge in [0.2, 0.25) is 10.0 Å². The first-order valence-corrected chi connectivity index (χ1v) is 13.1. The van der Waals surface area contributed by atoms with E-state index in [1.165, 1.54) is 43.4 Å². The Hall–Kier alpha value is -1.97. The summed E-state index contributed by atoms with van der Waals surface area (Å²) in [5.74, 6) is 1.73. The van der Waals surface area contributed by atoms with Crippen molar-refractivity contribution in [2.75, 3.05) is 37.3 Å². The standard InChI is InChI=1S/C22H34N6O2S/c1-17(2)21(25-31(3,29)30)22-24-23-20-10-13-26(14-15-28(20)22)16-18-6-8-19(9-7-18)27-11-4-5-12-27/h6-9,17,21,25H,4-5,10-16H2,1-3H3. The van der Waals surface area contributed by atoms with E-state index in [-0.39, 0.29) is 12.0 Å². The average Bonchev–Trinajstić information content (AvgIpc) is 3.34. The molecule has 3 heterocycles. The van der Waals surface area contributed by atoms with Gasteiger partial charge >= 0.3 is 0 Å². The number of hydrogen-bond donors (Lipinski definition) is 1. The Labute approximate surface area is 185 Å². The van der Waals surface area contributed by atoms with Crippen LogP contribution in [0.3, 0.4) is 0 Å². The Morgan fingerprint density at radius 1 is 1.00 bits per heavy atom. The highest BCUT2D eigenvalue weighted by Gasteiger charge is 2.28. The molecular weight excluding hydrogens is 412 g/mol. The molecule has 0 radical (unpaired) electrons. The SMILES string of the molecule is CC(C)C(NS(C)(=O)=O)c1nnc2n1CCN(Cc1ccc(N3CCCC3)cc1)CC2. The molecule has 0 spiro atoms. The van der Waals surface area contributed by atoms with Gasteiger partial charge in [0.15, 0.2) is 5.82 Å². The number of nitrogens with zero attached hydrogens (tertiary/aromatic N) is 5. The number of hydrogen-bond acceptors (Lipinski definition) is 6. The second-order valence-electron chi connectivity index (χ2n) is 9.12. The molecule has 2 aromatic rings. The molecule has 2 aliphatic heterocycles. The fraction of sp³-hybridized carbons (Fsp3) is 0.636. The Kier molecular flexibility index (Phi) is 6.64. The molecule has 31 heavy (non-hydrogen) atoms. The predicted molar refractivity (Wildman–Crippen MR) is 122 cm³/mol. The van der Waals surface area contributed by atoms with Crippen LogP contribution in [-0.2, 0) is 29.5 Å². The van der Waals surface area contributed by atoms with Gasteiger partial charge < -0.3 is 9.47 Å². The van der Waals surface area contributed by atoms with Gasteiger partial charge in [0, 0.05) is 51.4 Å². The lowest BCUT2D eigenvalue weighted by Gasteiger charge is -2.23. The maximum atomic E-state index is 11.9. The molecule has 8 nitrogen and oxygen atoms in total. The zero-order valence-electron chi connectivity index (χ0n) is 18.8. The molecule has 1 unspecified atom stereocenters. The summed E-state index contributed by atoms with van der Waals surface area (Å²) >= 11 is 0. The topological polar surface area (TPSA) is 83.4 Å². The summed E-state index contributed by atoms with van der Waals surface area (Å²) in [5, 5.41) is 8.76. The van der Waals surface area contributed by atoms with Crippen molar-refractivity contribution in [2.24, 2.45) is 5.92 Å². The van der Waals surface area contributed by atoms with E-state index in [1.54, 1.807) is 0 Å². The molecule has 0 saturated carbocycles. The van der Waals surface area contributed by atoms with Crippen molar-refractivity contribution in [3.05, 3.63) is 41.5 Å². The van der Waals surface area contributed by atoms with Crippen LogP contribution in [0.5, 0.6) is 0 Å². The van der Waals surface area contributed by atoms with E-state index in [1.807, 2.05) is 13.8 Å². The van der Waals surface area contributed by atoms with Crippen LogP contribution in [0.15, 0.2) is 24.3 Å². The van der Waals surface area contributed by atoms with Gasteiger partial charge in [-0.1, -0.05) is 26.0 Å².